The molecule has 0 bridgehead atoms. The summed E-state index contributed by atoms with van der Waals surface area (Å²) < 4.78 is 7.01. The summed E-state index contributed by atoms with van der Waals surface area (Å²) in [5.41, 5.74) is 3.04. The topological polar surface area (TPSA) is 76.5 Å². The number of rotatable bonds is 8. The zero-order valence-electron chi connectivity index (χ0n) is 20.0. The van der Waals surface area contributed by atoms with Crippen LogP contribution in [0.1, 0.15) is 24.2 Å². The molecule has 0 saturated heterocycles. The second-order valence-corrected chi connectivity index (χ2v) is 8.32. The third-order valence-corrected chi connectivity index (χ3v) is 5.60. The van der Waals surface area contributed by atoms with Crippen molar-refractivity contribution >= 4 is 17.8 Å². The van der Waals surface area contributed by atoms with Gasteiger partial charge in [0.15, 0.2) is 0 Å². The largest absolute Gasteiger partial charge is 0.497 e. The van der Waals surface area contributed by atoms with E-state index in [1.807, 2.05) is 85.3 Å². The number of methoxy groups -OCH3 is 1. The number of anilines is 1. The number of amides is 2. The Morgan fingerprint density at radius 3 is 2.17 bits per heavy atom. The number of carbonyl (C=O) groups excluding carboxylic acids is 2. The van der Waals surface area contributed by atoms with E-state index in [0.717, 1.165) is 16.9 Å². The summed E-state index contributed by atoms with van der Waals surface area (Å²) in [6.45, 7) is 3.66. The summed E-state index contributed by atoms with van der Waals surface area (Å²) in [6, 6.07) is 26.1. The molecule has 7 heteroatoms. The van der Waals surface area contributed by atoms with E-state index in [1.165, 1.54) is 4.90 Å². The number of hydrogen-bond acceptors (Lipinski definition) is 4. The third kappa shape index (κ3) is 5.58. The van der Waals surface area contributed by atoms with Gasteiger partial charge in [0.05, 0.1) is 12.8 Å². The fraction of sp³-hybridized carbons (Fsp3) is 0.179. The van der Waals surface area contributed by atoms with E-state index < -0.39 is 0 Å². The van der Waals surface area contributed by atoms with Crippen LogP contribution in [0.15, 0.2) is 91.1 Å². The van der Waals surface area contributed by atoms with Gasteiger partial charge < -0.3 is 9.64 Å². The molecule has 1 aromatic heterocycles. The number of imidazole rings is 1. The third-order valence-electron chi connectivity index (χ3n) is 5.60. The number of para-hydroxylation sites is 1. The first-order valence-corrected chi connectivity index (χ1v) is 11.4. The van der Waals surface area contributed by atoms with Gasteiger partial charge in [0.25, 0.3) is 5.91 Å². The number of benzene rings is 3. The Balaban J connectivity index is 1.58. The van der Waals surface area contributed by atoms with E-state index in [4.69, 9.17) is 4.74 Å². The number of carbonyl (C=O) groups is 2. The maximum atomic E-state index is 13.1. The van der Waals surface area contributed by atoms with Crippen LogP contribution in [0.4, 0.5) is 5.95 Å². The molecule has 0 atom stereocenters. The first-order chi connectivity index (χ1) is 17.0. The van der Waals surface area contributed by atoms with Crippen molar-refractivity contribution in [2.75, 3.05) is 19.0 Å². The van der Waals surface area contributed by atoms with Gasteiger partial charge in [-0.2, -0.15) is 0 Å². The first-order valence-electron chi connectivity index (χ1n) is 11.4. The molecule has 178 valence electrons. The molecule has 1 heterocycles. The van der Waals surface area contributed by atoms with Gasteiger partial charge in [-0.25, -0.2) is 4.98 Å². The van der Waals surface area contributed by atoms with Crippen LogP contribution in [0.3, 0.4) is 0 Å². The molecule has 2 amide bonds. The standard InChI is InChI=1S/C28H28N4O3/c1-20(2)31(27(34)22-14-16-24(35-3)17-15-22)19-26(33)30-28-29-25(21-10-6-4-7-11-21)18-32(28)23-12-8-5-9-13-23/h4-18,20H,19H2,1-3H3,(H,29,30,33). The highest BCUT2D eigenvalue weighted by atomic mass is 16.5. The van der Waals surface area contributed by atoms with Gasteiger partial charge in [0, 0.05) is 29.1 Å². The van der Waals surface area contributed by atoms with Crippen LogP contribution in [-0.4, -0.2) is 46.0 Å². The van der Waals surface area contributed by atoms with Crippen molar-refractivity contribution in [1.82, 2.24) is 14.5 Å². The molecular weight excluding hydrogens is 440 g/mol. The number of nitrogens with zero attached hydrogens (tertiary/aromatic N) is 3. The molecule has 0 aliphatic carbocycles. The lowest BCUT2D eigenvalue weighted by atomic mass is 10.1. The van der Waals surface area contributed by atoms with Gasteiger partial charge in [-0.3, -0.25) is 19.5 Å². The number of nitrogens with one attached hydrogen (secondary N) is 1. The van der Waals surface area contributed by atoms with E-state index in [0.29, 0.717) is 17.3 Å². The van der Waals surface area contributed by atoms with E-state index in [2.05, 4.69) is 10.3 Å². The normalized spacial score (nSPS) is 10.7. The molecule has 7 nitrogen and oxygen atoms in total. The van der Waals surface area contributed by atoms with Crippen LogP contribution in [-0.2, 0) is 4.79 Å². The Hall–Kier alpha value is -4.39. The summed E-state index contributed by atoms with van der Waals surface area (Å²) in [5, 5.41) is 2.91. The average Bonchev–Trinajstić information content (AvgIpc) is 3.31. The molecule has 0 unspecified atom stereocenters. The highest BCUT2D eigenvalue weighted by Gasteiger charge is 2.23. The van der Waals surface area contributed by atoms with Gasteiger partial charge >= 0.3 is 0 Å². The smallest absolute Gasteiger partial charge is 0.254 e. The zero-order chi connectivity index (χ0) is 24.8. The monoisotopic (exact) mass is 468 g/mol. The second kappa shape index (κ2) is 10.7. The molecule has 0 fully saturated rings. The van der Waals surface area contributed by atoms with Gasteiger partial charge in [-0.05, 0) is 50.2 Å². The highest BCUT2D eigenvalue weighted by molar-refractivity contribution is 5.99. The lowest BCUT2D eigenvalue weighted by Gasteiger charge is -2.26. The number of hydrogen-bond donors (Lipinski definition) is 1. The van der Waals surface area contributed by atoms with E-state index >= 15 is 0 Å². The van der Waals surface area contributed by atoms with Crippen LogP contribution in [0.25, 0.3) is 16.9 Å². The van der Waals surface area contributed by atoms with Crippen molar-refractivity contribution in [2.24, 2.45) is 0 Å². The quantitative estimate of drug-likeness (QED) is 0.393. The van der Waals surface area contributed by atoms with Crippen molar-refractivity contribution < 1.29 is 14.3 Å². The molecule has 0 saturated carbocycles. The minimum absolute atomic E-state index is 0.106. The zero-order valence-corrected chi connectivity index (χ0v) is 20.0. The Morgan fingerprint density at radius 2 is 1.57 bits per heavy atom. The Kier molecular flexibility index (Phi) is 7.26. The fourth-order valence-corrected chi connectivity index (χ4v) is 3.71. The maximum Gasteiger partial charge on any atom is 0.254 e. The van der Waals surface area contributed by atoms with Crippen LogP contribution in [0.5, 0.6) is 5.75 Å². The summed E-state index contributed by atoms with van der Waals surface area (Å²) in [5.74, 6) is 0.496. The van der Waals surface area contributed by atoms with Gasteiger partial charge in [0.1, 0.15) is 12.3 Å². The van der Waals surface area contributed by atoms with Crippen LogP contribution in [0, 0.1) is 0 Å². The van der Waals surface area contributed by atoms with Crippen molar-refractivity contribution in [3.63, 3.8) is 0 Å². The van der Waals surface area contributed by atoms with Gasteiger partial charge in [-0.1, -0.05) is 48.5 Å². The number of aromatic nitrogens is 2. The van der Waals surface area contributed by atoms with Crippen molar-refractivity contribution in [3.05, 3.63) is 96.7 Å². The summed E-state index contributed by atoms with van der Waals surface area (Å²) in [6.07, 6.45) is 1.89. The van der Waals surface area contributed by atoms with E-state index in [9.17, 15) is 9.59 Å². The second-order valence-electron chi connectivity index (χ2n) is 8.32. The number of ether oxygens (including phenoxy) is 1. The minimum atomic E-state index is -0.331. The van der Waals surface area contributed by atoms with Gasteiger partial charge in [0.2, 0.25) is 11.9 Å². The van der Waals surface area contributed by atoms with Crippen LogP contribution >= 0.6 is 0 Å². The van der Waals surface area contributed by atoms with Crippen molar-refractivity contribution in [2.45, 2.75) is 19.9 Å². The molecule has 1 N–H and O–H groups in total. The van der Waals surface area contributed by atoms with Gasteiger partial charge in [-0.15, -0.1) is 0 Å². The predicted octanol–water partition coefficient (Wildman–Crippen LogP) is 5.04. The minimum Gasteiger partial charge on any atom is -0.497 e. The average molecular weight is 469 g/mol. The van der Waals surface area contributed by atoms with Crippen LogP contribution in [0.2, 0.25) is 0 Å². The lowest BCUT2D eigenvalue weighted by Crippen LogP contribution is -2.42. The van der Waals surface area contributed by atoms with Crippen molar-refractivity contribution in [3.8, 4) is 22.7 Å². The molecule has 35 heavy (non-hydrogen) atoms. The van der Waals surface area contributed by atoms with E-state index in [1.54, 1.807) is 31.4 Å². The molecule has 4 aromatic rings. The molecule has 0 spiro atoms. The summed E-state index contributed by atoms with van der Waals surface area (Å²) in [7, 11) is 1.57. The highest BCUT2D eigenvalue weighted by Crippen LogP contribution is 2.24. The first kappa shape index (κ1) is 23.8. The lowest BCUT2D eigenvalue weighted by molar-refractivity contribution is -0.117. The molecular formula is C28H28N4O3. The summed E-state index contributed by atoms with van der Waals surface area (Å²) in [4.78, 5) is 32.5. The molecule has 3 aromatic carbocycles. The molecule has 4 rings (SSSR count). The summed E-state index contributed by atoms with van der Waals surface area (Å²) >= 11 is 0. The molecule has 0 radical (unpaired) electrons. The molecule has 0 aliphatic rings. The van der Waals surface area contributed by atoms with Crippen molar-refractivity contribution in [1.29, 1.82) is 0 Å². The fourth-order valence-electron chi connectivity index (χ4n) is 3.71. The predicted molar refractivity (Wildman–Crippen MR) is 137 cm³/mol. The Bertz CT molecular complexity index is 1280. The maximum absolute atomic E-state index is 13.1. The Labute approximate surface area is 205 Å². The van der Waals surface area contributed by atoms with E-state index in [-0.39, 0.29) is 24.4 Å². The Morgan fingerprint density at radius 1 is 0.943 bits per heavy atom. The SMILES string of the molecule is COc1ccc(C(=O)N(CC(=O)Nc2nc(-c3ccccc3)cn2-c2ccccc2)C(C)C)cc1. The molecule has 0 aliphatic heterocycles. The van der Waals surface area contributed by atoms with Crippen LogP contribution < -0.4 is 10.1 Å².